The summed E-state index contributed by atoms with van der Waals surface area (Å²) in [5, 5.41) is 1.02. The summed E-state index contributed by atoms with van der Waals surface area (Å²) in [4.78, 5) is 14.4. The highest BCUT2D eigenvalue weighted by Crippen LogP contribution is 2.22. The smallest absolute Gasteiger partial charge is 0.178 e. The van der Waals surface area contributed by atoms with Gasteiger partial charge in [0.1, 0.15) is 0 Å². The van der Waals surface area contributed by atoms with Crippen molar-refractivity contribution in [3.8, 4) is 0 Å². The summed E-state index contributed by atoms with van der Waals surface area (Å²) in [6.07, 6.45) is 0. The standard InChI is InChI=1S/C13H15Cl2NOS/c1-9-8-18-5-4-16(9)7-13(17)11-6-10(14)2-3-12(11)15/h2-3,6,9H,4-5,7-8H2,1H3. The van der Waals surface area contributed by atoms with Crippen LogP contribution in [0.2, 0.25) is 10.0 Å². The van der Waals surface area contributed by atoms with Crippen LogP contribution in [0.5, 0.6) is 0 Å². The molecule has 0 amide bonds. The normalized spacial score (nSPS) is 20.9. The van der Waals surface area contributed by atoms with Crippen LogP contribution in [0.3, 0.4) is 0 Å². The molecule has 1 saturated heterocycles. The molecule has 1 aromatic carbocycles. The molecule has 0 radical (unpaired) electrons. The lowest BCUT2D eigenvalue weighted by atomic mass is 10.1. The summed E-state index contributed by atoms with van der Waals surface area (Å²) in [6, 6.07) is 5.45. The topological polar surface area (TPSA) is 20.3 Å². The zero-order valence-electron chi connectivity index (χ0n) is 10.2. The van der Waals surface area contributed by atoms with E-state index in [1.54, 1.807) is 18.2 Å². The van der Waals surface area contributed by atoms with Gasteiger partial charge in [0.25, 0.3) is 0 Å². The summed E-state index contributed by atoms with van der Waals surface area (Å²) >= 11 is 13.9. The monoisotopic (exact) mass is 303 g/mol. The Bertz CT molecular complexity index is 453. The molecule has 1 heterocycles. The lowest BCUT2D eigenvalue weighted by Gasteiger charge is -2.32. The van der Waals surface area contributed by atoms with Crippen LogP contribution >= 0.6 is 35.0 Å². The quantitative estimate of drug-likeness (QED) is 0.796. The second-order valence-electron chi connectivity index (χ2n) is 4.44. The molecule has 1 fully saturated rings. The molecule has 1 unspecified atom stereocenters. The van der Waals surface area contributed by atoms with Crippen LogP contribution in [-0.4, -0.2) is 41.3 Å². The number of hydrogen-bond donors (Lipinski definition) is 0. The Morgan fingerprint density at radius 1 is 1.50 bits per heavy atom. The predicted octanol–water partition coefficient (Wildman–Crippen LogP) is 3.61. The molecule has 18 heavy (non-hydrogen) atoms. The maximum absolute atomic E-state index is 12.2. The van der Waals surface area contributed by atoms with Crippen molar-refractivity contribution in [1.82, 2.24) is 4.90 Å². The minimum absolute atomic E-state index is 0.0428. The molecule has 1 aliphatic heterocycles. The minimum Gasteiger partial charge on any atom is -0.293 e. The number of thioether (sulfide) groups is 1. The molecule has 2 rings (SSSR count). The number of halogens is 2. The Morgan fingerprint density at radius 2 is 2.28 bits per heavy atom. The number of rotatable bonds is 3. The lowest BCUT2D eigenvalue weighted by Crippen LogP contribution is -2.43. The third-order valence-corrected chi connectivity index (χ3v) is 4.83. The number of carbonyl (C=O) groups is 1. The van der Waals surface area contributed by atoms with E-state index in [1.807, 2.05) is 11.8 Å². The molecule has 1 aliphatic rings. The Balaban J connectivity index is 2.09. The van der Waals surface area contributed by atoms with E-state index in [4.69, 9.17) is 23.2 Å². The van der Waals surface area contributed by atoms with Crippen molar-refractivity contribution in [2.75, 3.05) is 24.6 Å². The van der Waals surface area contributed by atoms with Gasteiger partial charge in [-0.3, -0.25) is 9.69 Å². The van der Waals surface area contributed by atoms with E-state index < -0.39 is 0 Å². The fourth-order valence-corrected chi connectivity index (χ4v) is 3.45. The first-order chi connectivity index (χ1) is 8.58. The molecule has 2 nitrogen and oxygen atoms in total. The molecule has 0 N–H and O–H groups in total. The first kappa shape index (κ1) is 14.2. The van der Waals surface area contributed by atoms with Gasteiger partial charge in [-0.2, -0.15) is 11.8 Å². The van der Waals surface area contributed by atoms with E-state index in [-0.39, 0.29) is 5.78 Å². The van der Waals surface area contributed by atoms with Gasteiger partial charge in [-0.15, -0.1) is 0 Å². The van der Waals surface area contributed by atoms with E-state index in [1.165, 1.54) is 0 Å². The Labute approximate surface area is 122 Å². The van der Waals surface area contributed by atoms with Crippen molar-refractivity contribution < 1.29 is 4.79 Å². The third-order valence-electron chi connectivity index (χ3n) is 3.08. The van der Waals surface area contributed by atoms with Crippen molar-refractivity contribution >= 4 is 40.7 Å². The van der Waals surface area contributed by atoms with Crippen molar-refractivity contribution in [1.29, 1.82) is 0 Å². The Kier molecular flexibility index (Phi) is 4.96. The molecule has 5 heteroatoms. The van der Waals surface area contributed by atoms with Crippen molar-refractivity contribution in [3.05, 3.63) is 33.8 Å². The van der Waals surface area contributed by atoms with Crippen LogP contribution in [0.4, 0.5) is 0 Å². The van der Waals surface area contributed by atoms with Crippen LogP contribution in [0.15, 0.2) is 18.2 Å². The van der Waals surface area contributed by atoms with Gasteiger partial charge in [0, 0.05) is 34.7 Å². The van der Waals surface area contributed by atoms with Gasteiger partial charge in [-0.1, -0.05) is 23.2 Å². The maximum Gasteiger partial charge on any atom is 0.178 e. The molecule has 1 aromatic rings. The van der Waals surface area contributed by atoms with Crippen LogP contribution in [0.1, 0.15) is 17.3 Å². The Hall–Kier alpha value is -0.220. The van der Waals surface area contributed by atoms with Crippen LogP contribution in [0.25, 0.3) is 0 Å². The second-order valence-corrected chi connectivity index (χ2v) is 6.44. The zero-order chi connectivity index (χ0) is 13.1. The van der Waals surface area contributed by atoms with Gasteiger partial charge in [-0.25, -0.2) is 0 Å². The van der Waals surface area contributed by atoms with Gasteiger partial charge < -0.3 is 0 Å². The SMILES string of the molecule is CC1CSCCN1CC(=O)c1cc(Cl)ccc1Cl. The molecular weight excluding hydrogens is 289 g/mol. The average Bonchev–Trinajstić information content (AvgIpc) is 2.35. The average molecular weight is 304 g/mol. The first-order valence-corrected chi connectivity index (χ1v) is 7.79. The molecule has 0 aromatic heterocycles. The van der Waals surface area contributed by atoms with E-state index >= 15 is 0 Å². The van der Waals surface area contributed by atoms with Crippen molar-refractivity contribution in [2.24, 2.45) is 0 Å². The number of ketones is 1. The molecule has 0 spiro atoms. The number of hydrogen-bond acceptors (Lipinski definition) is 3. The van der Waals surface area contributed by atoms with Crippen LogP contribution < -0.4 is 0 Å². The second kappa shape index (κ2) is 6.29. The number of carbonyl (C=O) groups excluding carboxylic acids is 1. The lowest BCUT2D eigenvalue weighted by molar-refractivity contribution is 0.0911. The van der Waals surface area contributed by atoms with E-state index in [0.717, 1.165) is 18.1 Å². The molecule has 0 bridgehead atoms. The minimum atomic E-state index is 0.0428. The molecule has 0 aliphatic carbocycles. The van der Waals surface area contributed by atoms with Crippen molar-refractivity contribution in [2.45, 2.75) is 13.0 Å². The summed E-state index contributed by atoms with van der Waals surface area (Å²) in [5.41, 5.74) is 0.523. The van der Waals surface area contributed by atoms with Gasteiger partial charge in [0.2, 0.25) is 0 Å². The number of Topliss-reactive ketones (excluding diaryl/α,β-unsaturated/α-hetero) is 1. The maximum atomic E-state index is 12.2. The van der Waals surface area contributed by atoms with E-state index in [2.05, 4.69) is 11.8 Å². The number of nitrogens with zero attached hydrogens (tertiary/aromatic N) is 1. The van der Waals surface area contributed by atoms with Crippen LogP contribution in [0, 0.1) is 0 Å². The van der Waals surface area contributed by atoms with E-state index in [9.17, 15) is 4.79 Å². The fourth-order valence-electron chi connectivity index (χ4n) is 1.98. The van der Waals surface area contributed by atoms with Gasteiger partial charge in [0.05, 0.1) is 11.6 Å². The van der Waals surface area contributed by atoms with Gasteiger partial charge in [0.15, 0.2) is 5.78 Å². The van der Waals surface area contributed by atoms with Crippen LogP contribution in [-0.2, 0) is 0 Å². The highest BCUT2D eigenvalue weighted by atomic mass is 35.5. The predicted molar refractivity (Wildman–Crippen MR) is 79.2 cm³/mol. The summed E-state index contributed by atoms with van der Waals surface area (Å²) in [7, 11) is 0. The Morgan fingerprint density at radius 3 is 3.00 bits per heavy atom. The molecule has 1 atom stereocenters. The van der Waals surface area contributed by atoms with Gasteiger partial charge >= 0.3 is 0 Å². The largest absolute Gasteiger partial charge is 0.293 e. The fraction of sp³-hybridized carbons (Fsp3) is 0.462. The van der Waals surface area contributed by atoms with E-state index in [0.29, 0.717) is 28.2 Å². The molecule has 98 valence electrons. The first-order valence-electron chi connectivity index (χ1n) is 5.88. The highest BCUT2D eigenvalue weighted by molar-refractivity contribution is 7.99. The zero-order valence-corrected chi connectivity index (χ0v) is 12.5. The molecule has 0 saturated carbocycles. The summed E-state index contributed by atoms with van der Waals surface area (Å²) in [5.74, 6) is 2.21. The van der Waals surface area contributed by atoms with Gasteiger partial charge in [-0.05, 0) is 25.1 Å². The third kappa shape index (κ3) is 3.41. The summed E-state index contributed by atoms with van der Waals surface area (Å²) in [6.45, 7) is 3.52. The van der Waals surface area contributed by atoms with Crippen molar-refractivity contribution in [3.63, 3.8) is 0 Å². The number of benzene rings is 1. The summed E-state index contributed by atoms with van der Waals surface area (Å²) < 4.78 is 0. The highest BCUT2D eigenvalue weighted by Gasteiger charge is 2.22. The molecular formula is C13H15Cl2NOS.